The molecule has 0 bridgehead atoms. The van der Waals surface area contributed by atoms with E-state index in [-0.39, 0.29) is 25.6 Å². The number of aliphatic hydroxyl groups is 2. The lowest BCUT2D eigenvalue weighted by Gasteiger charge is -2.20. The number of nitrogens with zero attached hydrogens (tertiary/aromatic N) is 1. The van der Waals surface area contributed by atoms with Crippen molar-refractivity contribution in [1.29, 1.82) is 0 Å². The van der Waals surface area contributed by atoms with Crippen LogP contribution in [0.4, 0.5) is 4.79 Å². The summed E-state index contributed by atoms with van der Waals surface area (Å²) in [6, 6.07) is -1.53. The summed E-state index contributed by atoms with van der Waals surface area (Å²) in [5, 5.41) is 28.8. The topological polar surface area (TPSA) is 110 Å². The zero-order chi connectivity index (χ0) is 12.8. The Labute approximate surface area is 99.0 Å². The first-order chi connectivity index (χ1) is 8.08. The molecular formula is C10H18N2O5. The fourth-order valence-corrected chi connectivity index (χ4v) is 1.79. The largest absolute Gasteiger partial charge is 0.480 e. The van der Waals surface area contributed by atoms with Crippen LogP contribution in [0.1, 0.15) is 12.8 Å². The number of carboxylic acids is 1. The molecule has 1 heterocycles. The molecule has 98 valence electrons. The van der Waals surface area contributed by atoms with Crippen LogP contribution in [0.3, 0.4) is 0 Å². The molecule has 1 rings (SSSR count). The maximum absolute atomic E-state index is 11.7. The SMILES string of the molecule is O=C(O)C(CCO)NC(=O)N1CCC(CO)C1. The molecule has 1 fully saturated rings. The van der Waals surface area contributed by atoms with Crippen molar-refractivity contribution in [1.82, 2.24) is 10.2 Å². The first-order valence-corrected chi connectivity index (χ1v) is 5.58. The summed E-state index contributed by atoms with van der Waals surface area (Å²) >= 11 is 0. The lowest BCUT2D eigenvalue weighted by atomic mass is 10.1. The highest BCUT2D eigenvalue weighted by molar-refractivity contribution is 5.82. The van der Waals surface area contributed by atoms with Crippen molar-refractivity contribution in [2.45, 2.75) is 18.9 Å². The van der Waals surface area contributed by atoms with Gasteiger partial charge >= 0.3 is 12.0 Å². The van der Waals surface area contributed by atoms with Gasteiger partial charge in [-0.2, -0.15) is 0 Å². The van der Waals surface area contributed by atoms with Gasteiger partial charge in [0.1, 0.15) is 6.04 Å². The minimum Gasteiger partial charge on any atom is -0.480 e. The number of rotatable bonds is 5. The minimum absolute atomic E-state index is 0.0155. The van der Waals surface area contributed by atoms with Crippen molar-refractivity contribution in [3.8, 4) is 0 Å². The van der Waals surface area contributed by atoms with Gasteiger partial charge in [0.25, 0.3) is 0 Å². The van der Waals surface area contributed by atoms with Gasteiger partial charge in [-0.05, 0) is 6.42 Å². The van der Waals surface area contributed by atoms with E-state index >= 15 is 0 Å². The summed E-state index contributed by atoms with van der Waals surface area (Å²) in [7, 11) is 0. The molecule has 1 aliphatic rings. The summed E-state index contributed by atoms with van der Waals surface area (Å²) in [6.07, 6.45) is 0.708. The van der Waals surface area contributed by atoms with Gasteiger partial charge < -0.3 is 25.5 Å². The fraction of sp³-hybridized carbons (Fsp3) is 0.800. The molecule has 1 saturated heterocycles. The highest BCUT2D eigenvalue weighted by Gasteiger charge is 2.28. The number of likely N-dealkylation sites (tertiary alicyclic amines) is 1. The van der Waals surface area contributed by atoms with Crippen LogP contribution >= 0.6 is 0 Å². The van der Waals surface area contributed by atoms with Crippen LogP contribution in [-0.2, 0) is 4.79 Å². The summed E-state index contributed by atoms with van der Waals surface area (Å²) in [5.74, 6) is -1.09. The third-order valence-corrected chi connectivity index (χ3v) is 2.84. The highest BCUT2D eigenvalue weighted by Crippen LogP contribution is 2.15. The van der Waals surface area contributed by atoms with Crippen LogP contribution in [0.5, 0.6) is 0 Å². The number of hydrogen-bond acceptors (Lipinski definition) is 4. The predicted octanol–water partition coefficient (Wildman–Crippen LogP) is -1.15. The molecule has 7 heteroatoms. The second-order valence-electron chi connectivity index (χ2n) is 4.14. The van der Waals surface area contributed by atoms with Crippen molar-refractivity contribution in [3.05, 3.63) is 0 Å². The Morgan fingerprint density at radius 1 is 1.41 bits per heavy atom. The normalized spacial score (nSPS) is 21.3. The second-order valence-corrected chi connectivity index (χ2v) is 4.14. The van der Waals surface area contributed by atoms with E-state index in [1.165, 1.54) is 4.90 Å². The van der Waals surface area contributed by atoms with Gasteiger partial charge in [0.05, 0.1) is 0 Å². The Hall–Kier alpha value is -1.34. The molecule has 0 aromatic rings. The Bertz CT molecular complexity index is 284. The fourth-order valence-electron chi connectivity index (χ4n) is 1.79. The zero-order valence-corrected chi connectivity index (χ0v) is 9.50. The Morgan fingerprint density at radius 2 is 2.12 bits per heavy atom. The number of carbonyl (C=O) groups excluding carboxylic acids is 1. The van der Waals surface area contributed by atoms with E-state index in [0.29, 0.717) is 13.1 Å². The average molecular weight is 246 g/mol. The first kappa shape index (κ1) is 13.7. The third-order valence-electron chi connectivity index (χ3n) is 2.84. The van der Waals surface area contributed by atoms with Crippen molar-refractivity contribution in [2.24, 2.45) is 5.92 Å². The second kappa shape index (κ2) is 6.41. The molecule has 0 saturated carbocycles. The van der Waals surface area contributed by atoms with Crippen molar-refractivity contribution in [3.63, 3.8) is 0 Å². The predicted molar refractivity (Wildman–Crippen MR) is 58.4 cm³/mol. The van der Waals surface area contributed by atoms with E-state index < -0.39 is 18.0 Å². The van der Waals surface area contributed by atoms with E-state index in [1.54, 1.807) is 0 Å². The summed E-state index contributed by atoms with van der Waals surface area (Å²) < 4.78 is 0. The highest BCUT2D eigenvalue weighted by atomic mass is 16.4. The Balaban J connectivity index is 2.45. The van der Waals surface area contributed by atoms with E-state index in [4.69, 9.17) is 15.3 Å². The summed E-state index contributed by atoms with van der Waals surface area (Å²) in [6.45, 7) is 0.690. The molecular weight excluding hydrogens is 228 g/mol. The van der Waals surface area contributed by atoms with Gasteiger partial charge in [-0.15, -0.1) is 0 Å². The van der Waals surface area contributed by atoms with Gasteiger partial charge in [-0.25, -0.2) is 9.59 Å². The van der Waals surface area contributed by atoms with E-state index in [2.05, 4.69) is 5.32 Å². The molecule has 0 spiro atoms. The maximum Gasteiger partial charge on any atom is 0.326 e. The van der Waals surface area contributed by atoms with E-state index in [9.17, 15) is 9.59 Å². The molecule has 0 aliphatic carbocycles. The zero-order valence-electron chi connectivity index (χ0n) is 9.50. The number of aliphatic carboxylic acids is 1. The number of amides is 2. The first-order valence-electron chi connectivity index (χ1n) is 5.58. The lowest BCUT2D eigenvalue weighted by molar-refractivity contribution is -0.139. The molecule has 17 heavy (non-hydrogen) atoms. The van der Waals surface area contributed by atoms with Gasteiger partial charge in [0.2, 0.25) is 0 Å². The molecule has 4 N–H and O–H groups in total. The number of carboxylic acid groups (broad SMARTS) is 1. The molecule has 7 nitrogen and oxygen atoms in total. The average Bonchev–Trinajstić information content (AvgIpc) is 2.76. The Kier molecular flexibility index (Phi) is 5.17. The number of aliphatic hydroxyl groups excluding tert-OH is 2. The number of hydrogen-bond donors (Lipinski definition) is 4. The van der Waals surface area contributed by atoms with Crippen molar-refractivity contribution in [2.75, 3.05) is 26.3 Å². The van der Waals surface area contributed by atoms with Gasteiger partial charge in [0, 0.05) is 38.6 Å². The Morgan fingerprint density at radius 3 is 2.59 bits per heavy atom. The summed E-state index contributed by atoms with van der Waals surface area (Å²) in [4.78, 5) is 23.9. The number of urea groups is 1. The van der Waals surface area contributed by atoms with E-state index in [0.717, 1.165) is 6.42 Å². The number of carbonyl (C=O) groups is 2. The third kappa shape index (κ3) is 3.86. The van der Waals surface area contributed by atoms with E-state index in [1.807, 2.05) is 0 Å². The smallest absolute Gasteiger partial charge is 0.326 e. The molecule has 0 aromatic carbocycles. The van der Waals surface area contributed by atoms with Crippen molar-refractivity contribution < 1.29 is 24.9 Å². The quantitative estimate of drug-likeness (QED) is 0.489. The van der Waals surface area contributed by atoms with Gasteiger partial charge in [-0.3, -0.25) is 0 Å². The molecule has 2 unspecified atom stereocenters. The van der Waals surface area contributed by atoms with Crippen LogP contribution < -0.4 is 5.32 Å². The molecule has 2 amide bonds. The standard InChI is InChI=1S/C10H18N2O5/c13-4-2-8(9(15)16)11-10(17)12-3-1-7(5-12)6-14/h7-8,13-14H,1-6H2,(H,11,17)(H,15,16). The minimum atomic E-state index is -1.16. The van der Waals surface area contributed by atoms with Crippen LogP contribution in [0.25, 0.3) is 0 Å². The number of nitrogens with one attached hydrogen (secondary N) is 1. The van der Waals surface area contributed by atoms with Crippen LogP contribution in [0.2, 0.25) is 0 Å². The molecule has 1 aliphatic heterocycles. The molecule has 2 atom stereocenters. The van der Waals surface area contributed by atoms with Crippen LogP contribution in [0.15, 0.2) is 0 Å². The van der Waals surface area contributed by atoms with Gasteiger partial charge in [0.15, 0.2) is 0 Å². The molecule has 0 radical (unpaired) electrons. The monoisotopic (exact) mass is 246 g/mol. The maximum atomic E-state index is 11.7. The molecule has 0 aromatic heterocycles. The van der Waals surface area contributed by atoms with Crippen LogP contribution in [0, 0.1) is 5.92 Å². The van der Waals surface area contributed by atoms with Gasteiger partial charge in [-0.1, -0.05) is 0 Å². The van der Waals surface area contributed by atoms with Crippen molar-refractivity contribution >= 4 is 12.0 Å². The summed E-state index contributed by atoms with van der Waals surface area (Å²) in [5.41, 5.74) is 0. The lowest BCUT2D eigenvalue weighted by Crippen LogP contribution is -2.47. The van der Waals surface area contributed by atoms with Crippen LogP contribution in [-0.4, -0.2) is 64.6 Å².